The zero-order valence-electron chi connectivity index (χ0n) is 17.4. The van der Waals surface area contributed by atoms with E-state index in [0.29, 0.717) is 11.5 Å². The molecule has 1 aliphatic carbocycles. The summed E-state index contributed by atoms with van der Waals surface area (Å²) in [4.78, 5) is 25.0. The third-order valence-corrected chi connectivity index (χ3v) is 5.33. The molecule has 6 heteroatoms. The summed E-state index contributed by atoms with van der Waals surface area (Å²) in [5.74, 6) is 0.227. The second-order valence-electron chi connectivity index (χ2n) is 7.57. The number of hydrogen-bond donors (Lipinski definition) is 1. The van der Waals surface area contributed by atoms with Crippen LogP contribution in [0.4, 0.5) is 0 Å². The normalized spacial score (nSPS) is 16.1. The number of aryl methyl sites for hydroxylation is 1. The molecule has 0 fully saturated rings. The van der Waals surface area contributed by atoms with Crippen molar-refractivity contribution in [1.29, 1.82) is 0 Å². The van der Waals surface area contributed by atoms with Crippen molar-refractivity contribution in [3.63, 3.8) is 0 Å². The van der Waals surface area contributed by atoms with Crippen molar-refractivity contribution in [2.45, 2.75) is 44.9 Å². The van der Waals surface area contributed by atoms with Gasteiger partial charge in [0, 0.05) is 0 Å². The number of para-hydroxylation sites is 1. The molecule has 0 saturated carbocycles. The van der Waals surface area contributed by atoms with Crippen LogP contribution >= 0.6 is 0 Å². The van der Waals surface area contributed by atoms with Gasteiger partial charge >= 0.3 is 5.97 Å². The van der Waals surface area contributed by atoms with Crippen molar-refractivity contribution in [1.82, 2.24) is 5.32 Å². The topological polar surface area (TPSA) is 77.8 Å². The Labute approximate surface area is 181 Å². The molecular weight excluding hydrogens is 394 g/mol. The minimum atomic E-state index is -0.935. The molecule has 160 valence electrons. The molecule has 3 aromatic rings. The predicted molar refractivity (Wildman–Crippen MR) is 115 cm³/mol. The van der Waals surface area contributed by atoms with E-state index >= 15 is 0 Å². The van der Waals surface area contributed by atoms with Gasteiger partial charge in [0.15, 0.2) is 6.10 Å². The van der Waals surface area contributed by atoms with Gasteiger partial charge < -0.3 is 19.2 Å². The fraction of sp³-hybridized carbons (Fsp3) is 0.280. The number of rotatable bonds is 7. The summed E-state index contributed by atoms with van der Waals surface area (Å²) in [6.07, 6.45) is 1.96. The van der Waals surface area contributed by atoms with Crippen molar-refractivity contribution in [3.05, 3.63) is 89.4 Å². The smallest absolute Gasteiger partial charge is 0.375 e. The maximum absolute atomic E-state index is 12.6. The maximum Gasteiger partial charge on any atom is 0.375 e. The van der Waals surface area contributed by atoms with E-state index in [4.69, 9.17) is 13.9 Å². The Morgan fingerprint density at radius 3 is 2.68 bits per heavy atom. The van der Waals surface area contributed by atoms with Crippen molar-refractivity contribution in [2.75, 3.05) is 0 Å². The molecule has 0 aliphatic heterocycles. The number of furan rings is 1. The molecule has 4 rings (SSSR count). The van der Waals surface area contributed by atoms with Crippen LogP contribution in [0.2, 0.25) is 0 Å². The van der Waals surface area contributed by atoms with E-state index in [1.54, 1.807) is 13.0 Å². The van der Waals surface area contributed by atoms with Gasteiger partial charge in [0.25, 0.3) is 5.91 Å². The largest absolute Gasteiger partial charge is 0.486 e. The Morgan fingerprint density at radius 1 is 1.06 bits per heavy atom. The summed E-state index contributed by atoms with van der Waals surface area (Å²) in [6.45, 7) is 1.75. The highest BCUT2D eigenvalue weighted by molar-refractivity contribution is 5.90. The Morgan fingerprint density at radius 2 is 1.84 bits per heavy atom. The van der Waals surface area contributed by atoms with Gasteiger partial charge in [-0.15, -0.1) is 0 Å². The lowest BCUT2D eigenvalue weighted by Gasteiger charge is -2.27. The van der Waals surface area contributed by atoms with E-state index < -0.39 is 12.1 Å². The van der Waals surface area contributed by atoms with Gasteiger partial charge in [-0.3, -0.25) is 4.79 Å². The zero-order valence-corrected chi connectivity index (χ0v) is 17.4. The summed E-state index contributed by atoms with van der Waals surface area (Å²) in [6, 6.07) is 20.5. The SMILES string of the molecule is C[C@H](OC(=O)c1ccc(COc2ccccc2)o1)C(=O)N[C@@H]1CCCc2ccccc21. The monoisotopic (exact) mass is 419 g/mol. The molecule has 6 nitrogen and oxygen atoms in total. The fourth-order valence-electron chi connectivity index (χ4n) is 3.70. The molecule has 0 unspecified atom stereocenters. The standard InChI is InChI=1S/C25H25NO5/c1-17(24(27)26-22-13-7-9-18-8-5-6-12-21(18)22)30-25(28)23-15-14-20(31-23)16-29-19-10-3-2-4-11-19/h2-6,8,10-12,14-15,17,22H,7,9,13,16H2,1H3,(H,26,27)/t17-,22+/m0/s1. The van der Waals surface area contributed by atoms with Crippen molar-refractivity contribution in [2.24, 2.45) is 0 Å². The van der Waals surface area contributed by atoms with Crippen LogP contribution in [0.1, 0.15) is 53.2 Å². The molecule has 2 aromatic carbocycles. The van der Waals surface area contributed by atoms with Crippen LogP contribution in [0, 0.1) is 0 Å². The summed E-state index contributed by atoms with van der Waals surface area (Å²) >= 11 is 0. The van der Waals surface area contributed by atoms with Crippen LogP contribution in [-0.2, 0) is 22.6 Å². The maximum atomic E-state index is 12.6. The van der Waals surface area contributed by atoms with Crippen LogP contribution in [-0.4, -0.2) is 18.0 Å². The first-order chi connectivity index (χ1) is 15.1. The average molecular weight is 419 g/mol. The lowest BCUT2D eigenvalue weighted by molar-refractivity contribution is -0.130. The van der Waals surface area contributed by atoms with Crippen LogP contribution < -0.4 is 10.1 Å². The van der Waals surface area contributed by atoms with Gasteiger partial charge in [0.05, 0.1) is 6.04 Å². The average Bonchev–Trinajstić information content (AvgIpc) is 3.28. The van der Waals surface area contributed by atoms with Crippen LogP contribution in [0.15, 0.2) is 71.1 Å². The first kappa shape index (κ1) is 20.7. The van der Waals surface area contributed by atoms with E-state index in [9.17, 15) is 9.59 Å². The van der Waals surface area contributed by atoms with Crippen LogP contribution in [0.25, 0.3) is 0 Å². The number of hydrogen-bond acceptors (Lipinski definition) is 5. The quantitative estimate of drug-likeness (QED) is 0.567. The lowest BCUT2D eigenvalue weighted by Crippen LogP contribution is -2.39. The fourth-order valence-corrected chi connectivity index (χ4v) is 3.70. The summed E-state index contributed by atoms with van der Waals surface area (Å²) in [5.41, 5.74) is 2.39. The summed E-state index contributed by atoms with van der Waals surface area (Å²) < 4.78 is 16.4. The number of ether oxygens (including phenoxy) is 2. The molecule has 0 bridgehead atoms. The molecule has 31 heavy (non-hydrogen) atoms. The molecule has 0 radical (unpaired) electrons. The highest BCUT2D eigenvalue weighted by Crippen LogP contribution is 2.29. The van der Waals surface area contributed by atoms with Crippen LogP contribution in [0.3, 0.4) is 0 Å². The number of carbonyl (C=O) groups excluding carboxylic acids is 2. The number of nitrogens with one attached hydrogen (secondary N) is 1. The van der Waals surface area contributed by atoms with E-state index in [2.05, 4.69) is 11.4 Å². The predicted octanol–water partition coefficient (Wildman–Crippen LogP) is 4.60. The van der Waals surface area contributed by atoms with E-state index in [-0.39, 0.29) is 24.3 Å². The van der Waals surface area contributed by atoms with E-state index in [1.807, 2.05) is 48.5 Å². The Balaban J connectivity index is 1.30. The van der Waals surface area contributed by atoms with E-state index in [0.717, 1.165) is 24.8 Å². The Kier molecular flexibility index (Phi) is 6.36. The summed E-state index contributed by atoms with van der Waals surface area (Å²) in [7, 11) is 0. The number of fused-ring (bicyclic) bond motifs is 1. The Hall–Kier alpha value is -3.54. The van der Waals surface area contributed by atoms with E-state index in [1.165, 1.54) is 11.6 Å². The van der Waals surface area contributed by atoms with Gasteiger partial charge in [-0.2, -0.15) is 0 Å². The molecular formula is C25H25NO5. The van der Waals surface area contributed by atoms with Crippen molar-refractivity contribution in [3.8, 4) is 5.75 Å². The minimum absolute atomic E-state index is 0.0364. The molecule has 2 atom stereocenters. The molecule has 0 saturated heterocycles. The van der Waals surface area contributed by atoms with Gasteiger partial charge in [0.2, 0.25) is 5.76 Å². The first-order valence-electron chi connectivity index (χ1n) is 10.5. The number of esters is 1. The second-order valence-corrected chi connectivity index (χ2v) is 7.57. The molecule has 1 amide bonds. The third-order valence-electron chi connectivity index (χ3n) is 5.33. The molecule has 0 spiro atoms. The Bertz CT molecular complexity index is 1040. The van der Waals surface area contributed by atoms with Crippen molar-refractivity contribution >= 4 is 11.9 Å². The number of benzene rings is 2. The highest BCUT2D eigenvalue weighted by atomic mass is 16.6. The first-order valence-corrected chi connectivity index (χ1v) is 10.5. The van der Waals surface area contributed by atoms with Gasteiger partial charge in [-0.05, 0) is 61.6 Å². The zero-order chi connectivity index (χ0) is 21.6. The van der Waals surface area contributed by atoms with Gasteiger partial charge in [-0.25, -0.2) is 4.79 Å². The molecule has 1 aliphatic rings. The van der Waals surface area contributed by atoms with Gasteiger partial charge in [-0.1, -0.05) is 42.5 Å². The number of carbonyl (C=O) groups is 2. The van der Waals surface area contributed by atoms with Crippen molar-refractivity contribution < 1.29 is 23.5 Å². The molecule has 1 aromatic heterocycles. The highest BCUT2D eigenvalue weighted by Gasteiger charge is 2.26. The second kappa shape index (κ2) is 9.51. The third kappa shape index (κ3) is 5.15. The van der Waals surface area contributed by atoms with Gasteiger partial charge in [0.1, 0.15) is 18.1 Å². The minimum Gasteiger partial charge on any atom is -0.486 e. The molecule has 1 heterocycles. The van der Waals surface area contributed by atoms with Crippen LogP contribution in [0.5, 0.6) is 5.75 Å². The lowest BCUT2D eigenvalue weighted by atomic mass is 9.87. The summed E-state index contributed by atoms with van der Waals surface area (Å²) in [5, 5.41) is 3.01. The molecule has 1 N–H and O–H groups in total. The number of amides is 1.